The first-order valence-corrected chi connectivity index (χ1v) is 12.7. The van der Waals surface area contributed by atoms with E-state index in [9.17, 15) is 9.59 Å². The highest BCUT2D eigenvalue weighted by Crippen LogP contribution is 2.18. The Morgan fingerprint density at radius 1 is 1.12 bits per heavy atom. The number of fused-ring (bicyclic) bond motifs is 1. The Morgan fingerprint density at radius 3 is 2.62 bits per heavy atom. The van der Waals surface area contributed by atoms with Gasteiger partial charge in [0.2, 0.25) is 5.91 Å². The maximum Gasteiger partial charge on any atom is 0.262 e. The highest BCUT2D eigenvalue weighted by Gasteiger charge is 2.13. The van der Waals surface area contributed by atoms with E-state index in [1.807, 2.05) is 57.3 Å². The molecule has 0 bridgehead atoms. The molecule has 0 aliphatic heterocycles. The Bertz CT molecular complexity index is 1120. The molecule has 0 saturated carbocycles. The van der Waals surface area contributed by atoms with Crippen LogP contribution in [-0.4, -0.2) is 54.1 Å². The Balaban J connectivity index is 1.54. The Labute approximate surface area is 205 Å². The largest absolute Gasteiger partial charge is 0.379 e. The number of para-hydroxylation sites is 2. The van der Waals surface area contributed by atoms with E-state index in [0.29, 0.717) is 42.2 Å². The minimum atomic E-state index is -0.0815. The molecule has 0 radical (unpaired) electrons. The topological polar surface area (TPSA) is 76.5 Å². The summed E-state index contributed by atoms with van der Waals surface area (Å²) in [6.45, 7) is 6.49. The molecule has 1 aromatic heterocycles. The van der Waals surface area contributed by atoms with Gasteiger partial charge in [0.15, 0.2) is 5.16 Å². The van der Waals surface area contributed by atoms with E-state index in [-0.39, 0.29) is 23.3 Å². The van der Waals surface area contributed by atoms with Crippen molar-refractivity contribution >= 4 is 34.3 Å². The van der Waals surface area contributed by atoms with Crippen LogP contribution in [0.5, 0.6) is 0 Å². The van der Waals surface area contributed by atoms with Crippen LogP contribution in [0.3, 0.4) is 0 Å². The second-order valence-corrected chi connectivity index (χ2v) is 9.33. The van der Waals surface area contributed by atoms with E-state index in [4.69, 9.17) is 4.74 Å². The molecule has 0 fully saturated rings. The number of thioether (sulfide) groups is 1. The third-order valence-corrected chi connectivity index (χ3v) is 6.30. The van der Waals surface area contributed by atoms with Gasteiger partial charge in [-0.1, -0.05) is 42.1 Å². The van der Waals surface area contributed by atoms with Crippen molar-refractivity contribution in [1.82, 2.24) is 14.9 Å². The van der Waals surface area contributed by atoms with Crippen molar-refractivity contribution in [2.45, 2.75) is 44.5 Å². The first-order valence-electron chi connectivity index (χ1n) is 11.7. The van der Waals surface area contributed by atoms with Crippen molar-refractivity contribution in [1.29, 1.82) is 0 Å². The molecule has 1 amide bonds. The summed E-state index contributed by atoms with van der Waals surface area (Å²) in [4.78, 5) is 32.4. The molecule has 0 unspecified atom stereocenters. The van der Waals surface area contributed by atoms with E-state index < -0.39 is 0 Å². The normalized spacial score (nSPS) is 11.2. The lowest BCUT2D eigenvalue weighted by Crippen LogP contribution is -2.30. The number of nitrogens with one attached hydrogen (secondary N) is 1. The van der Waals surface area contributed by atoms with Gasteiger partial charge in [-0.2, -0.15) is 0 Å². The summed E-state index contributed by atoms with van der Waals surface area (Å²) in [5.41, 5.74) is 1.72. The molecule has 1 heterocycles. The molecule has 0 aliphatic carbocycles. The maximum absolute atomic E-state index is 13.1. The summed E-state index contributed by atoms with van der Waals surface area (Å²) in [6.07, 6.45) is 1.69. The van der Waals surface area contributed by atoms with Crippen LogP contribution in [-0.2, 0) is 16.1 Å². The lowest BCUT2D eigenvalue weighted by molar-refractivity contribution is -0.118. The minimum absolute atomic E-state index is 0.0653. The molecule has 182 valence electrons. The van der Waals surface area contributed by atoms with Crippen LogP contribution in [0.25, 0.3) is 10.9 Å². The molecule has 2 aromatic carbocycles. The minimum Gasteiger partial charge on any atom is -0.379 e. The smallest absolute Gasteiger partial charge is 0.262 e. The van der Waals surface area contributed by atoms with Crippen LogP contribution in [0.2, 0.25) is 0 Å². The number of amides is 1. The van der Waals surface area contributed by atoms with Crippen LogP contribution in [0.15, 0.2) is 64.5 Å². The molecule has 0 spiro atoms. The summed E-state index contributed by atoms with van der Waals surface area (Å²) >= 11 is 1.30. The average molecular weight is 483 g/mol. The monoisotopic (exact) mass is 482 g/mol. The van der Waals surface area contributed by atoms with Gasteiger partial charge in [-0.05, 0) is 51.0 Å². The number of ether oxygens (including phenoxy) is 1. The molecule has 8 heteroatoms. The standard InChI is InChI=1S/C26H34N4O3S/c1-20(2)33-18-10-17-30-25(32)22-13-7-8-14-23(22)28-26(30)34-19-24(31)27-15-9-16-29(3)21-11-5-4-6-12-21/h4-8,11-14,20H,9-10,15-19H2,1-3H3,(H,27,31). The highest BCUT2D eigenvalue weighted by molar-refractivity contribution is 7.99. The number of hydrogen-bond donors (Lipinski definition) is 1. The second kappa shape index (κ2) is 13.2. The molecule has 3 aromatic rings. The van der Waals surface area contributed by atoms with Crippen molar-refractivity contribution in [2.24, 2.45) is 0 Å². The quantitative estimate of drug-likeness (QED) is 0.226. The van der Waals surface area contributed by atoms with E-state index in [1.54, 1.807) is 10.6 Å². The first-order chi connectivity index (χ1) is 16.5. The summed E-state index contributed by atoms with van der Waals surface area (Å²) in [7, 11) is 2.05. The zero-order chi connectivity index (χ0) is 24.3. The predicted molar refractivity (Wildman–Crippen MR) is 140 cm³/mol. The third kappa shape index (κ3) is 7.60. The zero-order valence-electron chi connectivity index (χ0n) is 20.2. The van der Waals surface area contributed by atoms with Crippen LogP contribution >= 0.6 is 11.8 Å². The third-order valence-electron chi connectivity index (χ3n) is 5.33. The number of nitrogens with zero attached hydrogens (tertiary/aromatic N) is 3. The van der Waals surface area contributed by atoms with Gasteiger partial charge in [0.1, 0.15) is 0 Å². The number of carbonyl (C=O) groups excluding carboxylic acids is 1. The van der Waals surface area contributed by atoms with Gasteiger partial charge in [-0.25, -0.2) is 4.98 Å². The maximum atomic E-state index is 13.1. The molecule has 0 atom stereocenters. The molecular weight excluding hydrogens is 448 g/mol. The number of anilines is 1. The number of rotatable bonds is 13. The molecule has 1 N–H and O–H groups in total. The summed E-state index contributed by atoms with van der Waals surface area (Å²) in [5, 5.41) is 4.12. The van der Waals surface area contributed by atoms with Gasteiger partial charge in [0.05, 0.1) is 22.8 Å². The summed E-state index contributed by atoms with van der Waals surface area (Å²) in [5.74, 6) is 0.145. The SMILES string of the molecule is CC(C)OCCCn1c(SCC(=O)NCCCN(C)c2ccccc2)nc2ccccc2c1=O. The Hall–Kier alpha value is -2.84. The fraction of sp³-hybridized carbons (Fsp3) is 0.423. The Kier molecular flexibility index (Phi) is 9.97. The fourth-order valence-electron chi connectivity index (χ4n) is 3.53. The lowest BCUT2D eigenvalue weighted by atomic mass is 10.2. The molecule has 7 nitrogen and oxygen atoms in total. The van der Waals surface area contributed by atoms with E-state index in [1.165, 1.54) is 11.8 Å². The zero-order valence-corrected chi connectivity index (χ0v) is 21.0. The van der Waals surface area contributed by atoms with Crippen molar-refractivity contribution < 1.29 is 9.53 Å². The van der Waals surface area contributed by atoms with Crippen LogP contribution in [0, 0.1) is 0 Å². The van der Waals surface area contributed by atoms with E-state index in [0.717, 1.165) is 18.7 Å². The van der Waals surface area contributed by atoms with Crippen LogP contribution < -0.4 is 15.8 Å². The van der Waals surface area contributed by atoms with Crippen molar-refractivity contribution in [3.8, 4) is 0 Å². The van der Waals surface area contributed by atoms with Gasteiger partial charge >= 0.3 is 0 Å². The molecule has 34 heavy (non-hydrogen) atoms. The average Bonchev–Trinajstić information content (AvgIpc) is 2.84. The number of carbonyl (C=O) groups is 1. The van der Waals surface area contributed by atoms with Gasteiger partial charge in [-0.3, -0.25) is 14.2 Å². The number of hydrogen-bond acceptors (Lipinski definition) is 6. The van der Waals surface area contributed by atoms with Crippen molar-refractivity contribution in [3.63, 3.8) is 0 Å². The van der Waals surface area contributed by atoms with Gasteiger partial charge < -0.3 is 15.0 Å². The summed E-state index contributed by atoms with van der Waals surface area (Å²) < 4.78 is 7.28. The van der Waals surface area contributed by atoms with Gasteiger partial charge in [0, 0.05) is 39.0 Å². The van der Waals surface area contributed by atoms with E-state index >= 15 is 0 Å². The molecule has 3 rings (SSSR count). The summed E-state index contributed by atoms with van der Waals surface area (Å²) in [6, 6.07) is 17.5. The fourth-order valence-corrected chi connectivity index (χ4v) is 4.39. The van der Waals surface area contributed by atoms with E-state index in [2.05, 4.69) is 27.3 Å². The molecule has 0 aliphatic rings. The van der Waals surface area contributed by atoms with Crippen LogP contribution in [0.4, 0.5) is 5.69 Å². The molecular formula is C26H34N4O3S. The predicted octanol–water partition coefficient (Wildman–Crippen LogP) is 3.95. The Morgan fingerprint density at radius 2 is 1.85 bits per heavy atom. The van der Waals surface area contributed by atoms with Crippen LogP contribution in [0.1, 0.15) is 26.7 Å². The number of aromatic nitrogens is 2. The molecule has 0 saturated heterocycles. The second-order valence-electron chi connectivity index (χ2n) is 8.39. The van der Waals surface area contributed by atoms with Crippen molar-refractivity contribution in [3.05, 3.63) is 65.0 Å². The highest BCUT2D eigenvalue weighted by atomic mass is 32.2. The van der Waals surface area contributed by atoms with Gasteiger partial charge in [0.25, 0.3) is 5.56 Å². The lowest BCUT2D eigenvalue weighted by Gasteiger charge is -2.19. The van der Waals surface area contributed by atoms with Gasteiger partial charge in [-0.15, -0.1) is 0 Å². The first kappa shape index (κ1) is 25.8. The van der Waals surface area contributed by atoms with Crippen molar-refractivity contribution in [2.75, 3.05) is 37.4 Å². The number of benzene rings is 2.